The fourth-order valence-electron chi connectivity index (χ4n) is 4.94. The molecule has 0 radical (unpaired) electrons. The third-order valence-corrected chi connectivity index (χ3v) is 6.75. The molecule has 5 rings (SSSR count). The summed E-state index contributed by atoms with van der Waals surface area (Å²) in [5.74, 6) is 0.472. The van der Waals surface area contributed by atoms with E-state index in [-0.39, 0.29) is 18.5 Å². The molecular formula is C27H30FN7O3. The first-order chi connectivity index (χ1) is 18.4. The van der Waals surface area contributed by atoms with Crippen LogP contribution in [0.2, 0.25) is 0 Å². The Morgan fingerprint density at radius 2 is 1.97 bits per heavy atom. The maximum atomic E-state index is 14.4. The van der Waals surface area contributed by atoms with Gasteiger partial charge in [0.1, 0.15) is 5.82 Å². The number of benzene rings is 1. The number of hydrogen-bond donors (Lipinski definition) is 2. The number of pyridine rings is 1. The molecule has 11 heteroatoms. The van der Waals surface area contributed by atoms with Crippen molar-refractivity contribution in [3.63, 3.8) is 0 Å². The summed E-state index contributed by atoms with van der Waals surface area (Å²) in [4.78, 5) is 38.2. The van der Waals surface area contributed by atoms with E-state index in [1.165, 1.54) is 19.2 Å². The summed E-state index contributed by atoms with van der Waals surface area (Å²) in [6.45, 7) is 3.16. The summed E-state index contributed by atoms with van der Waals surface area (Å²) in [7, 11) is 1.53. The molecule has 1 atom stereocenters. The Balaban J connectivity index is 1.47. The van der Waals surface area contributed by atoms with Gasteiger partial charge in [-0.05, 0) is 49.9 Å². The largest absolute Gasteiger partial charge is 0.481 e. The summed E-state index contributed by atoms with van der Waals surface area (Å²) in [5.41, 5.74) is 12.7. The van der Waals surface area contributed by atoms with Crippen LogP contribution in [0.3, 0.4) is 0 Å². The fourth-order valence-corrected chi connectivity index (χ4v) is 4.94. The van der Waals surface area contributed by atoms with Gasteiger partial charge in [-0.15, -0.1) is 0 Å². The number of fused-ring (bicyclic) bond motifs is 1. The minimum absolute atomic E-state index is 0.0828. The quantitative estimate of drug-likeness (QED) is 0.476. The molecule has 1 amide bonds. The first-order valence-electron chi connectivity index (χ1n) is 12.6. The molecule has 2 aliphatic heterocycles. The van der Waals surface area contributed by atoms with Gasteiger partial charge in [0, 0.05) is 31.1 Å². The van der Waals surface area contributed by atoms with Gasteiger partial charge in [0.15, 0.2) is 12.4 Å². The van der Waals surface area contributed by atoms with Crippen LogP contribution in [0.5, 0.6) is 5.88 Å². The van der Waals surface area contributed by atoms with Gasteiger partial charge in [0.2, 0.25) is 11.8 Å². The summed E-state index contributed by atoms with van der Waals surface area (Å²) in [6.07, 6.45) is 3.54. The molecular weight excluding hydrogens is 489 g/mol. The zero-order chi connectivity index (χ0) is 26.6. The zero-order valence-electron chi connectivity index (χ0n) is 21.4. The number of methoxy groups -OCH3 is 1. The number of aromatic nitrogens is 3. The van der Waals surface area contributed by atoms with Crippen LogP contribution in [0.1, 0.15) is 47.8 Å². The molecule has 2 aliphatic rings. The van der Waals surface area contributed by atoms with Crippen LogP contribution >= 0.6 is 0 Å². The van der Waals surface area contributed by atoms with E-state index in [2.05, 4.69) is 20.4 Å². The van der Waals surface area contributed by atoms with Gasteiger partial charge in [0.25, 0.3) is 5.91 Å². The number of hydroxylamine groups is 1. The van der Waals surface area contributed by atoms with E-state index in [4.69, 9.17) is 20.3 Å². The van der Waals surface area contributed by atoms with Crippen molar-refractivity contribution in [3.8, 4) is 17.1 Å². The Kier molecular flexibility index (Phi) is 7.45. The lowest BCUT2D eigenvalue weighted by molar-refractivity contribution is -0.138. The van der Waals surface area contributed by atoms with Crippen LogP contribution in [0, 0.1) is 12.7 Å². The average molecular weight is 520 g/mol. The second-order valence-electron chi connectivity index (χ2n) is 9.32. The van der Waals surface area contributed by atoms with E-state index < -0.39 is 11.9 Å². The number of amides is 1. The van der Waals surface area contributed by atoms with Crippen LogP contribution in [0.4, 0.5) is 10.3 Å². The number of aryl methyl sites for hydroxylation is 1. The van der Waals surface area contributed by atoms with Gasteiger partial charge >= 0.3 is 0 Å². The highest BCUT2D eigenvalue weighted by atomic mass is 19.1. The van der Waals surface area contributed by atoms with Gasteiger partial charge in [0.05, 0.1) is 35.8 Å². The van der Waals surface area contributed by atoms with Crippen molar-refractivity contribution in [1.82, 2.24) is 25.3 Å². The number of hydrogen-bond acceptors (Lipinski definition) is 9. The van der Waals surface area contributed by atoms with Crippen molar-refractivity contribution < 1.29 is 18.8 Å². The standard InChI is InChI=1S/C27H30FN7O3/c1-16-25-22(33-27(29)30-16)14-21(32-26(25)34-38-15-24(36)35-11-4-3-5-12-35)18-10-9-17(28)13-19(18)20-7-6-8-23(31-20)37-2/h6-10,13,21H,3-5,11-12,14-15H2,1-2H3,(H,32,34)(H2,29,30,33). The molecule has 2 aromatic heterocycles. The Hall–Kier alpha value is -4.12. The molecule has 38 heavy (non-hydrogen) atoms. The molecule has 1 fully saturated rings. The number of carbonyl (C=O) groups excluding carboxylic acids is 1. The highest BCUT2D eigenvalue weighted by Gasteiger charge is 2.29. The van der Waals surface area contributed by atoms with Crippen LogP contribution in [-0.4, -0.2) is 58.4 Å². The number of anilines is 1. The molecule has 0 saturated carbocycles. The molecule has 1 aromatic carbocycles. The number of aliphatic imine (C=N–C) groups is 1. The first-order valence-corrected chi connectivity index (χ1v) is 12.6. The summed E-state index contributed by atoms with van der Waals surface area (Å²) < 4.78 is 19.7. The van der Waals surface area contributed by atoms with Crippen molar-refractivity contribution in [2.45, 2.75) is 38.6 Å². The number of nitrogens with zero attached hydrogens (tertiary/aromatic N) is 5. The maximum absolute atomic E-state index is 14.4. The second-order valence-corrected chi connectivity index (χ2v) is 9.32. The van der Waals surface area contributed by atoms with Crippen LogP contribution < -0.4 is 16.0 Å². The van der Waals surface area contributed by atoms with Crippen molar-refractivity contribution in [2.75, 3.05) is 32.5 Å². The molecule has 3 N–H and O–H groups in total. The molecule has 10 nitrogen and oxygen atoms in total. The van der Waals surface area contributed by atoms with Crippen molar-refractivity contribution >= 4 is 17.7 Å². The number of nitrogens with two attached hydrogens (primary N) is 1. The monoisotopic (exact) mass is 519 g/mol. The molecule has 4 heterocycles. The lowest BCUT2D eigenvalue weighted by Crippen LogP contribution is -2.40. The molecule has 1 unspecified atom stereocenters. The number of nitrogens with one attached hydrogen (secondary N) is 1. The molecule has 0 spiro atoms. The number of piperidine rings is 1. The van der Waals surface area contributed by atoms with Crippen molar-refractivity contribution in [3.05, 3.63) is 64.7 Å². The summed E-state index contributed by atoms with van der Waals surface area (Å²) in [5, 5.41) is 0. The maximum Gasteiger partial charge on any atom is 0.251 e. The van der Waals surface area contributed by atoms with Gasteiger partial charge in [-0.3, -0.25) is 14.6 Å². The fraction of sp³-hybridized carbons (Fsp3) is 0.370. The number of halogens is 1. The van der Waals surface area contributed by atoms with Crippen molar-refractivity contribution in [2.24, 2.45) is 4.99 Å². The van der Waals surface area contributed by atoms with E-state index in [1.54, 1.807) is 24.3 Å². The lowest BCUT2D eigenvalue weighted by Gasteiger charge is -2.27. The van der Waals surface area contributed by atoms with E-state index in [0.717, 1.165) is 37.9 Å². The first kappa shape index (κ1) is 25.5. The highest BCUT2D eigenvalue weighted by molar-refractivity contribution is 6.01. The molecule has 0 bridgehead atoms. The average Bonchev–Trinajstić information content (AvgIpc) is 2.92. The van der Waals surface area contributed by atoms with Gasteiger partial charge in [-0.25, -0.2) is 24.8 Å². The number of rotatable bonds is 6. The minimum Gasteiger partial charge on any atom is -0.481 e. The minimum atomic E-state index is -0.455. The summed E-state index contributed by atoms with van der Waals surface area (Å²) in [6, 6.07) is 9.38. The van der Waals surface area contributed by atoms with E-state index in [0.29, 0.717) is 46.3 Å². The third kappa shape index (κ3) is 5.42. The number of nitrogen functional groups attached to an aromatic ring is 1. The zero-order valence-corrected chi connectivity index (χ0v) is 21.4. The van der Waals surface area contributed by atoms with Crippen molar-refractivity contribution in [1.29, 1.82) is 0 Å². The predicted molar refractivity (Wildman–Crippen MR) is 140 cm³/mol. The highest BCUT2D eigenvalue weighted by Crippen LogP contribution is 2.36. The Morgan fingerprint density at radius 1 is 1.16 bits per heavy atom. The van der Waals surface area contributed by atoms with Gasteiger partial charge in [-0.2, -0.15) is 0 Å². The Morgan fingerprint density at radius 3 is 2.76 bits per heavy atom. The molecule has 198 valence electrons. The van der Waals surface area contributed by atoms with Crippen LogP contribution in [0.15, 0.2) is 41.4 Å². The van der Waals surface area contributed by atoms with E-state index in [9.17, 15) is 9.18 Å². The SMILES string of the molecule is COc1cccc(-c2cc(F)ccc2C2Cc3nc(N)nc(C)c3C(NOCC(=O)N3CCCCC3)=N2)n1. The molecule has 1 saturated heterocycles. The summed E-state index contributed by atoms with van der Waals surface area (Å²) >= 11 is 0. The second kappa shape index (κ2) is 11.1. The number of likely N-dealkylation sites (tertiary alicyclic amines) is 1. The van der Waals surface area contributed by atoms with Gasteiger partial charge < -0.3 is 15.4 Å². The van der Waals surface area contributed by atoms with Gasteiger partial charge in [-0.1, -0.05) is 12.1 Å². The number of amidine groups is 1. The third-order valence-electron chi connectivity index (χ3n) is 6.75. The smallest absolute Gasteiger partial charge is 0.251 e. The number of carbonyl (C=O) groups is 1. The predicted octanol–water partition coefficient (Wildman–Crippen LogP) is 3.15. The number of ether oxygens (including phenoxy) is 1. The van der Waals surface area contributed by atoms with E-state index >= 15 is 0 Å². The Labute approximate surface area is 220 Å². The topological polar surface area (TPSA) is 128 Å². The normalized spacial score (nSPS) is 17.0. The van der Waals surface area contributed by atoms with E-state index in [1.807, 2.05) is 11.8 Å². The van der Waals surface area contributed by atoms with Crippen LogP contribution in [0.25, 0.3) is 11.3 Å². The molecule has 3 aromatic rings. The Bertz CT molecular complexity index is 1370. The molecule has 0 aliphatic carbocycles. The van der Waals surface area contributed by atoms with Crippen LogP contribution in [-0.2, 0) is 16.1 Å². The lowest BCUT2D eigenvalue weighted by atomic mass is 9.91.